The third kappa shape index (κ3) is 2.66. The first kappa shape index (κ1) is 10.8. The summed E-state index contributed by atoms with van der Waals surface area (Å²) in [6.07, 6.45) is 4.96. The van der Waals surface area contributed by atoms with Crippen molar-refractivity contribution in [3.63, 3.8) is 0 Å². The fourth-order valence-electron chi connectivity index (χ4n) is 1.93. The van der Waals surface area contributed by atoms with Crippen LogP contribution in [0.4, 0.5) is 5.00 Å². The van der Waals surface area contributed by atoms with Crippen LogP contribution < -0.4 is 5.32 Å². The molecule has 0 bridgehead atoms. The van der Waals surface area contributed by atoms with Gasteiger partial charge < -0.3 is 10.1 Å². The van der Waals surface area contributed by atoms with Crippen molar-refractivity contribution in [3.05, 3.63) is 6.20 Å². The van der Waals surface area contributed by atoms with Gasteiger partial charge in [-0.15, -0.1) is 5.10 Å². The van der Waals surface area contributed by atoms with Crippen LogP contribution in [0, 0.1) is 0 Å². The van der Waals surface area contributed by atoms with Crippen molar-refractivity contribution in [2.45, 2.75) is 44.8 Å². The molecule has 1 aromatic heterocycles. The maximum absolute atomic E-state index is 5.80. The highest BCUT2D eigenvalue weighted by Gasteiger charge is 2.31. The molecular weight excluding hydrogens is 210 g/mol. The van der Waals surface area contributed by atoms with Crippen molar-refractivity contribution >= 4 is 16.5 Å². The molecule has 1 fully saturated rings. The Hall–Kier alpha value is -0.680. The van der Waals surface area contributed by atoms with Crippen molar-refractivity contribution in [1.82, 2.24) is 9.59 Å². The van der Waals surface area contributed by atoms with Crippen LogP contribution in [0.3, 0.4) is 0 Å². The molecule has 0 spiro atoms. The number of hydrogen-bond acceptors (Lipinski definition) is 5. The van der Waals surface area contributed by atoms with Gasteiger partial charge in [-0.2, -0.15) is 0 Å². The van der Waals surface area contributed by atoms with Crippen LogP contribution in [-0.4, -0.2) is 27.8 Å². The molecule has 1 aromatic rings. The van der Waals surface area contributed by atoms with Gasteiger partial charge in [0, 0.05) is 24.2 Å². The van der Waals surface area contributed by atoms with E-state index in [1.807, 2.05) is 0 Å². The van der Waals surface area contributed by atoms with Crippen molar-refractivity contribution in [2.24, 2.45) is 0 Å². The van der Waals surface area contributed by atoms with E-state index in [-0.39, 0.29) is 5.60 Å². The first-order valence-electron chi connectivity index (χ1n) is 5.40. The van der Waals surface area contributed by atoms with E-state index in [9.17, 15) is 0 Å². The van der Waals surface area contributed by atoms with Crippen molar-refractivity contribution in [3.8, 4) is 0 Å². The molecule has 2 heterocycles. The summed E-state index contributed by atoms with van der Waals surface area (Å²) in [5, 5.41) is 8.34. The van der Waals surface area contributed by atoms with Gasteiger partial charge in [0.15, 0.2) is 0 Å². The van der Waals surface area contributed by atoms with E-state index < -0.39 is 0 Å². The lowest BCUT2D eigenvalue weighted by Crippen LogP contribution is -2.41. The van der Waals surface area contributed by atoms with E-state index >= 15 is 0 Å². The molecule has 2 atom stereocenters. The van der Waals surface area contributed by atoms with Crippen molar-refractivity contribution in [1.29, 1.82) is 0 Å². The van der Waals surface area contributed by atoms with E-state index in [0.29, 0.717) is 6.04 Å². The van der Waals surface area contributed by atoms with Gasteiger partial charge in [0.1, 0.15) is 5.00 Å². The first-order valence-corrected chi connectivity index (χ1v) is 6.17. The normalized spacial score (nSPS) is 31.5. The van der Waals surface area contributed by atoms with Gasteiger partial charge in [-0.05, 0) is 26.2 Å². The Morgan fingerprint density at radius 3 is 3.27 bits per heavy atom. The van der Waals surface area contributed by atoms with Gasteiger partial charge in [0.05, 0.1) is 11.8 Å². The zero-order chi connectivity index (χ0) is 10.7. The van der Waals surface area contributed by atoms with Crippen LogP contribution in [-0.2, 0) is 4.74 Å². The number of nitrogens with one attached hydrogen (secondary N) is 1. The molecule has 2 rings (SSSR count). The van der Waals surface area contributed by atoms with Gasteiger partial charge in [0.2, 0.25) is 0 Å². The van der Waals surface area contributed by atoms with Crippen LogP contribution in [0.1, 0.15) is 33.1 Å². The molecule has 4 nitrogen and oxygen atoms in total. The standard InChI is InChI=1S/C10H17N3OS/c1-3-10(2)6-8(4-5-14-10)12-9-7-11-13-15-9/h7-8,12H,3-6H2,1-2H3. The molecule has 0 amide bonds. The minimum Gasteiger partial charge on any atom is -0.375 e. The maximum Gasteiger partial charge on any atom is 0.130 e. The first-order chi connectivity index (χ1) is 7.22. The van der Waals surface area contributed by atoms with E-state index in [4.69, 9.17) is 4.74 Å². The summed E-state index contributed by atoms with van der Waals surface area (Å²) in [7, 11) is 0. The molecular formula is C10H17N3OS. The van der Waals surface area contributed by atoms with Crippen LogP contribution >= 0.6 is 11.5 Å². The molecule has 0 saturated carbocycles. The molecule has 0 radical (unpaired) electrons. The summed E-state index contributed by atoms with van der Waals surface area (Å²) in [6, 6.07) is 0.492. The van der Waals surface area contributed by atoms with Crippen molar-refractivity contribution < 1.29 is 4.74 Å². The third-order valence-electron chi connectivity index (χ3n) is 3.05. The fraction of sp³-hybridized carbons (Fsp3) is 0.800. The van der Waals surface area contributed by atoms with E-state index in [0.717, 1.165) is 30.9 Å². The predicted octanol–water partition coefficient (Wildman–Crippen LogP) is 2.30. The van der Waals surface area contributed by atoms with Crippen LogP contribution in [0.25, 0.3) is 0 Å². The lowest BCUT2D eigenvalue weighted by molar-refractivity contribution is -0.0708. The second-order valence-electron chi connectivity index (χ2n) is 4.27. The highest BCUT2D eigenvalue weighted by Crippen LogP contribution is 2.29. The highest BCUT2D eigenvalue weighted by molar-refractivity contribution is 7.09. The van der Waals surface area contributed by atoms with Crippen molar-refractivity contribution in [2.75, 3.05) is 11.9 Å². The summed E-state index contributed by atoms with van der Waals surface area (Å²) in [5.74, 6) is 0. The van der Waals surface area contributed by atoms with E-state index in [1.54, 1.807) is 6.20 Å². The smallest absolute Gasteiger partial charge is 0.130 e. The molecule has 1 aliphatic rings. The van der Waals surface area contributed by atoms with E-state index in [1.165, 1.54) is 11.5 Å². The summed E-state index contributed by atoms with van der Waals surface area (Å²) in [5.41, 5.74) is 0.0357. The van der Waals surface area contributed by atoms with Gasteiger partial charge in [0.25, 0.3) is 0 Å². The Morgan fingerprint density at radius 2 is 2.60 bits per heavy atom. The number of ether oxygens (including phenoxy) is 1. The molecule has 1 N–H and O–H groups in total. The molecule has 84 valence electrons. The third-order valence-corrected chi connectivity index (χ3v) is 3.65. The second kappa shape index (κ2) is 4.45. The zero-order valence-corrected chi connectivity index (χ0v) is 10.0. The Labute approximate surface area is 94.2 Å². The molecule has 5 heteroatoms. The Bertz CT molecular complexity index is 304. The summed E-state index contributed by atoms with van der Waals surface area (Å²) in [6.45, 7) is 5.20. The zero-order valence-electron chi connectivity index (χ0n) is 9.19. The average molecular weight is 227 g/mol. The van der Waals surface area contributed by atoms with Crippen LogP contribution in [0.5, 0.6) is 0 Å². The molecule has 0 aromatic carbocycles. The van der Waals surface area contributed by atoms with Crippen LogP contribution in [0.15, 0.2) is 6.20 Å². The lowest BCUT2D eigenvalue weighted by Gasteiger charge is -2.38. The second-order valence-corrected chi connectivity index (χ2v) is 5.05. The molecule has 1 aliphatic heterocycles. The number of rotatable bonds is 3. The monoisotopic (exact) mass is 227 g/mol. The summed E-state index contributed by atoms with van der Waals surface area (Å²) < 4.78 is 9.64. The van der Waals surface area contributed by atoms with E-state index in [2.05, 4.69) is 28.8 Å². The number of hydrogen-bond donors (Lipinski definition) is 1. The minimum atomic E-state index is 0.0357. The SMILES string of the molecule is CCC1(C)CC(Nc2cnns2)CCO1. The van der Waals surface area contributed by atoms with Gasteiger partial charge >= 0.3 is 0 Å². The van der Waals surface area contributed by atoms with Gasteiger partial charge in [-0.3, -0.25) is 0 Å². The lowest BCUT2D eigenvalue weighted by atomic mass is 9.90. The maximum atomic E-state index is 5.80. The Balaban J connectivity index is 1.93. The fourth-order valence-corrected chi connectivity index (χ4v) is 2.43. The molecule has 0 aliphatic carbocycles. The summed E-state index contributed by atoms with van der Waals surface area (Å²) >= 11 is 1.41. The quantitative estimate of drug-likeness (QED) is 0.860. The summed E-state index contributed by atoms with van der Waals surface area (Å²) in [4.78, 5) is 0. The number of nitrogens with zero attached hydrogens (tertiary/aromatic N) is 2. The predicted molar refractivity (Wildman–Crippen MR) is 61.2 cm³/mol. The average Bonchev–Trinajstić information content (AvgIpc) is 2.71. The van der Waals surface area contributed by atoms with Gasteiger partial charge in [-0.1, -0.05) is 11.4 Å². The Kier molecular flexibility index (Phi) is 3.21. The number of aromatic nitrogens is 2. The number of anilines is 1. The van der Waals surface area contributed by atoms with Crippen LogP contribution in [0.2, 0.25) is 0 Å². The van der Waals surface area contributed by atoms with Gasteiger partial charge in [-0.25, -0.2) is 0 Å². The largest absolute Gasteiger partial charge is 0.375 e. The molecule has 2 unspecified atom stereocenters. The highest BCUT2D eigenvalue weighted by atomic mass is 32.1. The molecule has 15 heavy (non-hydrogen) atoms. The Morgan fingerprint density at radius 1 is 1.73 bits per heavy atom. The topological polar surface area (TPSA) is 47.0 Å². The minimum absolute atomic E-state index is 0.0357. The molecule has 1 saturated heterocycles.